The fraction of sp³-hybridized carbons (Fsp3) is 0.469. The molecule has 6 rings (SSSR count). The first-order valence-corrected chi connectivity index (χ1v) is 29.9. The molecule has 2 saturated heterocycles. The number of nitrogens with zero attached hydrogens (tertiary/aromatic N) is 4. The predicted octanol–water partition coefficient (Wildman–Crippen LogP) is 9.63. The van der Waals surface area contributed by atoms with E-state index in [4.69, 9.17) is 54.7 Å². The standard InChI is InChI=1S/C31H40N4O5.C20H29Cl3N2O6.C13H14N2/c1-7-10-27(36)40-28(19(3)4)30(38)34-21(6)31(39)35-14-9-11-24(18-35)29(37)33-20(5)22-12-13-23-17-32-26(8-2)16-25(23)15-22;1-5-7-15(26)31-16(12(2)3)17(27)24-13(4)18(28)25-9-6-8-14(10-25)19(29)30-11-20(21,22)23;1-3-13-7-12-6-10(9(2)14)4-5-11(12)8-15-13/h7-8,12-13,15-17,19-21,24,28H,1-2,9-11,14,18H2,3-6H3,(H,33,37)(H,34,38);5,12-14,16H,1,6-11H2,2-4H3,(H,24,27);3-9H,1,14H2,2H3/t20-,21+,24-,28+;13-,14+,16-;9-/m101/s1. The number of pyridine rings is 2. The molecule has 2 aromatic heterocycles. The Morgan fingerprint density at radius 1 is 0.628 bits per heavy atom. The lowest BCUT2D eigenvalue weighted by atomic mass is 9.95. The van der Waals surface area contributed by atoms with E-state index in [0.29, 0.717) is 38.8 Å². The summed E-state index contributed by atoms with van der Waals surface area (Å²) < 4.78 is 13.8. The number of rotatable bonds is 22. The Bertz CT molecular complexity index is 3080. The van der Waals surface area contributed by atoms with E-state index < -0.39 is 63.7 Å². The van der Waals surface area contributed by atoms with Crippen LogP contribution in [0.5, 0.6) is 0 Å². The molecule has 0 bridgehead atoms. The van der Waals surface area contributed by atoms with Crippen LogP contribution in [-0.2, 0) is 52.6 Å². The highest BCUT2D eigenvalue weighted by atomic mass is 35.6. The van der Waals surface area contributed by atoms with Gasteiger partial charge >= 0.3 is 17.9 Å². The zero-order valence-electron chi connectivity index (χ0n) is 50.5. The summed E-state index contributed by atoms with van der Waals surface area (Å²) in [5.41, 5.74) is 9.63. The molecular weight excluding hydrogens is 1160 g/mol. The average Bonchev–Trinajstić information content (AvgIpc) is 2.86. The van der Waals surface area contributed by atoms with Gasteiger partial charge in [0.2, 0.25) is 21.5 Å². The van der Waals surface area contributed by atoms with Gasteiger partial charge < -0.3 is 45.7 Å². The molecule has 19 nitrogen and oxygen atoms in total. The number of aromatic nitrogens is 2. The van der Waals surface area contributed by atoms with Gasteiger partial charge in [-0.25, -0.2) is 0 Å². The van der Waals surface area contributed by atoms with Gasteiger partial charge in [0.05, 0.1) is 42.1 Å². The van der Waals surface area contributed by atoms with Crippen LogP contribution in [0.1, 0.15) is 129 Å². The Kier molecular flexibility index (Phi) is 28.4. The highest BCUT2D eigenvalue weighted by Gasteiger charge is 2.36. The highest BCUT2D eigenvalue weighted by Crippen LogP contribution is 2.28. The van der Waals surface area contributed by atoms with Gasteiger partial charge in [0.15, 0.2) is 12.2 Å². The number of fused-ring (bicyclic) bond motifs is 2. The van der Waals surface area contributed by atoms with E-state index in [1.54, 1.807) is 57.9 Å². The molecule has 22 heteroatoms. The lowest BCUT2D eigenvalue weighted by Gasteiger charge is -2.34. The minimum atomic E-state index is -1.71. The first-order chi connectivity index (χ1) is 40.6. The monoisotopic (exact) mass is 1240 g/mol. The van der Waals surface area contributed by atoms with Crippen LogP contribution in [-0.4, -0.2) is 128 Å². The van der Waals surface area contributed by atoms with Crippen LogP contribution in [0, 0.1) is 23.7 Å². The zero-order chi connectivity index (χ0) is 64.0. The molecule has 0 aliphatic carbocycles. The van der Waals surface area contributed by atoms with Crippen LogP contribution in [0.15, 0.2) is 99.4 Å². The maximum Gasteiger partial charge on any atom is 0.310 e. The van der Waals surface area contributed by atoms with Gasteiger partial charge in [-0.15, -0.1) is 13.2 Å². The number of hydrogen-bond acceptors (Lipinski definition) is 14. The molecule has 4 heterocycles. The van der Waals surface area contributed by atoms with Gasteiger partial charge in [-0.05, 0) is 124 Å². The van der Waals surface area contributed by atoms with Crippen molar-refractivity contribution in [1.29, 1.82) is 0 Å². The van der Waals surface area contributed by atoms with Crippen molar-refractivity contribution in [3.8, 4) is 0 Å². The third-order valence-corrected chi connectivity index (χ3v) is 14.5. The summed E-state index contributed by atoms with van der Waals surface area (Å²) >= 11 is 16.8. The fourth-order valence-corrected chi connectivity index (χ4v) is 9.60. The maximum atomic E-state index is 13.2. The normalized spacial score (nSPS) is 17.0. The third kappa shape index (κ3) is 22.3. The number of likely N-dealkylation sites (tertiary alicyclic amines) is 2. The van der Waals surface area contributed by atoms with Gasteiger partial charge in [-0.2, -0.15) is 0 Å². The number of ether oxygens (including phenoxy) is 3. The van der Waals surface area contributed by atoms with E-state index in [2.05, 4.69) is 58.3 Å². The smallest absolute Gasteiger partial charge is 0.310 e. The average molecular weight is 1250 g/mol. The quantitative estimate of drug-likeness (QED) is 0.0247. The summed E-state index contributed by atoms with van der Waals surface area (Å²) in [5.74, 6) is -4.98. The highest BCUT2D eigenvalue weighted by molar-refractivity contribution is 6.67. The zero-order valence-corrected chi connectivity index (χ0v) is 52.7. The minimum Gasteiger partial charge on any atom is -0.461 e. The fourth-order valence-electron chi connectivity index (χ4n) is 9.44. The number of nitrogens with one attached hydrogen (secondary N) is 3. The number of amides is 5. The predicted molar refractivity (Wildman–Crippen MR) is 337 cm³/mol. The van der Waals surface area contributed by atoms with Crippen molar-refractivity contribution < 1.29 is 52.6 Å². The second kappa shape index (κ2) is 34.2. The van der Waals surface area contributed by atoms with Crippen LogP contribution in [0.2, 0.25) is 0 Å². The largest absolute Gasteiger partial charge is 0.461 e. The maximum absolute atomic E-state index is 13.2. The first kappa shape index (κ1) is 71.3. The molecule has 0 unspecified atom stereocenters. The van der Waals surface area contributed by atoms with Crippen molar-refractivity contribution in [3.05, 3.63) is 122 Å². The topological polar surface area (TPSA) is 259 Å². The molecule has 5 amide bonds. The SMILES string of the molecule is C=CCC(=O)O[C@H](C(=O)N[C@@H](C)C(=O)N1CCC[C@@H](C(=O)N[C@H](C)c2ccc3cnc(C=C)cc3c2)C1)C(C)C.C=CCC(=O)O[C@H](C(=O)N[C@@H](C)C(=O)N1CCC[C@@H](C(=O)OCC(Cl)(Cl)Cl)C1)C(C)C.C=Cc1cc2cc([C@@H](C)N)ccc2cn1. The van der Waals surface area contributed by atoms with E-state index in [9.17, 15) is 38.4 Å². The van der Waals surface area contributed by atoms with Crippen LogP contribution in [0.3, 0.4) is 0 Å². The lowest BCUT2D eigenvalue weighted by Crippen LogP contribution is -2.54. The van der Waals surface area contributed by atoms with Crippen LogP contribution >= 0.6 is 34.8 Å². The molecule has 0 saturated carbocycles. The molecule has 5 N–H and O–H groups in total. The molecule has 2 fully saturated rings. The summed E-state index contributed by atoms with van der Waals surface area (Å²) in [7, 11) is 0. The van der Waals surface area contributed by atoms with E-state index in [0.717, 1.165) is 44.1 Å². The van der Waals surface area contributed by atoms with E-state index >= 15 is 0 Å². The second-order valence-corrected chi connectivity index (χ2v) is 24.6. The number of carbonyl (C=O) groups is 8. The van der Waals surface area contributed by atoms with Crippen molar-refractivity contribution in [1.82, 2.24) is 35.7 Å². The molecule has 2 aliphatic rings. The molecule has 4 aromatic rings. The van der Waals surface area contributed by atoms with E-state index in [-0.39, 0.29) is 80.1 Å². The molecule has 466 valence electrons. The van der Waals surface area contributed by atoms with Crippen molar-refractivity contribution in [2.45, 2.75) is 134 Å². The van der Waals surface area contributed by atoms with E-state index in [1.807, 2.05) is 62.5 Å². The van der Waals surface area contributed by atoms with Gasteiger partial charge in [-0.1, -0.05) is 112 Å². The van der Waals surface area contributed by atoms with Gasteiger partial charge in [0, 0.05) is 55.4 Å². The number of nitrogens with two attached hydrogens (primary N) is 1. The minimum absolute atomic E-state index is 0.00455. The van der Waals surface area contributed by atoms with E-state index in [1.165, 1.54) is 24.0 Å². The Labute approximate surface area is 519 Å². The number of carbonyl (C=O) groups excluding carboxylic acids is 8. The molecule has 0 spiro atoms. The summed E-state index contributed by atoms with van der Waals surface area (Å²) in [6.07, 6.45) is 10.3. The number of piperidine rings is 2. The first-order valence-electron chi connectivity index (χ1n) is 28.7. The Balaban J connectivity index is 0.000000303. The Morgan fingerprint density at radius 3 is 1.48 bits per heavy atom. The number of esters is 3. The number of benzene rings is 2. The lowest BCUT2D eigenvalue weighted by molar-refractivity contribution is -0.158. The van der Waals surface area contributed by atoms with Crippen molar-refractivity contribution in [2.24, 2.45) is 29.4 Å². The van der Waals surface area contributed by atoms with Crippen molar-refractivity contribution >= 4 is 116 Å². The number of alkyl halides is 3. The summed E-state index contributed by atoms with van der Waals surface area (Å²) in [4.78, 5) is 112. The Hall–Kier alpha value is -7.19. The van der Waals surface area contributed by atoms with Gasteiger partial charge in [0.1, 0.15) is 18.7 Å². The van der Waals surface area contributed by atoms with Crippen LogP contribution in [0.25, 0.3) is 33.7 Å². The Morgan fingerprint density at radius 2 is 1.06 bits per heavy atom. The van der Waals surface area contributed by atoms with Gasteiger partial charge in [0.25, 0.3) is 11.8 Å². The van der Waals surface area contributed by atoms with Crippen molar-refractivity contribution in [3.63, 3.8) is 0 Å². The third-order valence-electron chi connectivity index (χ3n) is 14.2. The van der Waals surface area contributed by atoms with Crippen molar-refractivity contribution in [2.75, 3.05) is 32.8 Å². The number of hydrogen-bond donors (Lipinski definition) is 4. The van der Waals surface area contributed by atoms with Gasteiger partial charge in [-0.3, -0.25) is 48.3 Å². The number of halogens is 3. The molecular formula is C64H83Cl3N8O11. The summed E-state index contributed by atoms with van der Waals surface area (Å²) in [6.45, 7) is 29.5. The summed E-state index contributed by atoms with van der Waals surface area (Å²) in [5, 5.41) is 12.7. The molecule has 2 aromatic carbocycles. The molecule has 86 heavy (non-hydrogen) atoms. The van der Waals surface area contributed by atoms with Crippen LogP contribution < -0.4 is 21.7 Å². The molecule has 2 aliphatic heterocycles. The molecule has 8 atom stereocenters. The molecule has 0 radical (unpaired) electrons. The van der Waals surface area contributed by atoms with Crippen LogP contribution in [0.4, 0.5) is 0 Å². The summed E-state index contributed by atoms with van der Waals surface area (Å²) in [6, 6.07) is 14.3. The second-order valence-electron chi connectivity index (χ2n) is 22.1.